The van der Waals surface area contributed by atoms with Crippen molar-refractivity contribution >= 4 is 5.70 Å². The minimum atomic E-state index is 0.578. The molecule has 0 fully saturated rings. The molecule has 190 valence electrons. The molecule has 0 aliphatic carbocycles. The molecule has 2 heterocycles. The highest BCUT2D eigenvalue weighted by Crippen LogP contribution is 2.22. The predicted molar refractivity (Wildman–Crippen MR) is 155 cm³/mol. The molecule has 0 spiro atoms. The number of hydrogen-bond acceptors (Lipinski definition) is 2. The second-order valence-electron chi connectivity index (χ2n) is 8.83. The molecular weight excluding hydrogens is 480 g/mol. The number of rotatable bonds is 9. The second-order valence-corrected chi connectivity index (χ2v) is 8.83. The smallest absolute Gasteiger partial charge is 0.210 e. The van der Waals surface area contributed by atoms with Crippen LogP contribution in [0.5, 0.6) is 17.2 Å². The van der Waals surface area contributed by atoms with E-state index in [9.17, 15) is 0 Å². The van der Waals surface area contributed by atoms with Crippen molar-refractivity contribution in [1.29, 1.82) is 0 Å². The highest BCUT2D eigenvalue weighted by atomic mass is 16.5. The zero-order valence-corrected chi connectivity index (χ0v) is 21.9. The van der Waals surface area contributed by atoms with Gasteiger partial charge in [0.05, 0.1) is 0 Å². The first-order chi connectivity index (χ1) is 19.2. The molecular formula is C35H30N2O2+2. The summed E-state index contributed by atoms with van der Waals surface area (Å²) in [6.07, 6.45) is 14.2. The van der Waals surface area contributed by atoms with Gasteiger partial charge < -0.3 is 9.47 Å². The van der Waals surface area contributed by atoms with Crippen LogP contribution >= 0.6 is 0 Å². The lowest BCUT2D eigenvalue weighted by Crippen LogP contribution is -2.30. The molecule has 0 aliphatic heterocycles. The third-order valence-electron chi connectivity index (χ3n) is 6.13. The fourth-order valence-corrected chi connectivity index (χ4v) is 4.08. The average molecular weight is 511 g/mol. The molecule has 5 aromatic rings. The molecule has 0 radical (unpaired) electrons. The largest absolute Gasteiger partial charge is 0.458 e. The van der Waals surface area contributed by atoms with Gasteiger partial charge in [-0.3, -0.25) is 0 Å². The fourth-order valence-electron chi connectivity index (χ4n) is 4.08. The summed E-state index contributed by atoms with van der Waals surface area (Å²) < 4.78 is 15.8. The third-order valence-corrected chi connectivity index (χ3v) is 6.13. The maximum absolute atomic E-state index is 5.90. The summed E-state index contributed by atoms with van der Waals surface area (Å²) in [5.41, 5.74) is 4.37. The van der Waals surface area contributed by atoms with E-state index in [0.717, 1.165) is 39.8 Å². The SMILES string of the molecule is C=C(/C=C\C(=C/C)[n+]1ccc(-c2cc[n+](-c3ccc(Oc4ccccc4)cc3)cc2)cc1)Oc1ccccc1. The fraction of sp³-hybridized carbons (Fsp3) is 0.0286. The van der Waals surface area contributed by atoms with Crippen LogP contribution in [-0.4, -0.2) is 0 Å². The monoisotopic (exact) mass is 510 g/mol. The molecule has 0 amide bonds. The van der Waals surface area contributed by atoms with Crippen molar-refractivity contribution < 1.29 is 18.6 Å². The Kier molecular flexibility index (Phi) is 8.05. The molecule has 0 atom stereocenters. The summed E-state index contributed by atoms with van der Waals surface area (Å²) in [6, 6.07) is 36.0. The van der Waals surface area contributed by atoms with Crippen molar-refractivity contribution in [2.24, 2.45) is 0 Å². The lowest BCUT2D eigenvalue weighted by atomic mass is 10.1. The highest BCUT2D eigenvalue weighted by molar-refractivity contribution is 5.61. The first-order valence-electron chi connectivity index (χ1n) is 12.8. The number of benzene rings is 3. The molecule has 5 rings (SSSR count). The maximum Gasteiger partial charge on any atom is 0.210 e. The number of pyridine rings is 2. The van der Waals surface area contributed by atoms with Crippen LogP contribution in [0.2, 0.25) is 0 Å². The van der Waals surface area contributed by atoms with Crippen molar-refractivity contribution in [2.45, 2.75) is 6.92 Å². The van der Waals surface area contributed by atoms with E-state index in [1.54, 1.807) is 0 Å². The van der Waals surface area contributed by atoms with Crippen LogP contribution in [0.4, 0.5) is 0 Å². The number of nitrogens with zero attached hydrogens (tertiary/aromatic N) is 2. The van der Waals surface area contributed by atoms with E-state index >= 15 is 0 Å². The molecule has 0 aliphatic rings. The van der Waals surface area contributed by atoms with Gasteiger partial charge in [-0.15, -0.1) is 0 Å². The number of allylic oxidation sites excluding steroid dienone is 4. The number of ether oxygens (including phenoxy) is 2. The van der Waals surface area contributed by atoms with Crippen molar-refractivity contribution in [3.05, 3.63) is 165 Å². The van der Waals surface area contributed by atoms with Crippen LogP contribution in [0.25, 0.3) is 22.5 Å². The summed E-state index contributed by atoms with van der Waals surface area (Å²) in [7, 11) is 0. The van der Waals surface area contributed by atoms with Gasteiger partial charge in [-0.25, -0.2) is 0 Å². The zero-order chi connectivity index (χ0) is 26.9. The molecule has 2 aromatic heterocycles. The molecule has 39 heavy (non-hydrogen) atoms. The first kappa shape index (κ1) is 25.4. The number of aromatic nitrogens is 2. The van der Waals surface area contributed by atoms with Crippen LogP contribution < -0.4 is 18.6 Å². The molecule has 0 N–H and O–H groups in total. The van der Waals surface area contributed by atoms with Crippen LogP contribution in [0.3, 0.4) is 0 Å². The van der Waals surface area contributed by atoms with E-state index in [2.05, 4.69) is 76.9 Å². The van der Waals surface area contributed by atoms with Gasteiger partial charge >= 0.3 is 0 Å². The second kappa shape index (κ2) is 12.3. The number of para-hydroxylation sites is 2. The van der Waals surface area contributed by atoms with Crippen LogP contribution in [0.15, 0.2) is 165 Å². The topological polar surface area (TPSA) is 26.2 Å². The lowest BCUT2D eigenvalue weighted by molar-refractivity contribution is -0.595. The molecule has 0 saturated carbocycles. The highest BCUT2D eigenvalue weighted by Gasteiger charge is 2.10. The van der Waals surface area contributed by atoms with Gasteiger partial charge in [-0.1, -0.05) is 43.0 Å². The van der Waals surface area contributed by atoms with Gasteiger partial charge in [-0.2, -0.15) is 9.13 Å². The van der Waals surface area contributed by atoms with E-state index in [1.807, 2.05) is 97.9 Å². The van der Waals surface area contributed by atoms with E-state index in [4.69, 9.17) is 9.47 Å². The Morgan fingerprint density at radius 3 is 1.74 bits per heavy atom. The van der Waals surface area contributed by atoms with Crippen LogP contribution in [0.1, 0.15) is 6.92 Å². The first-order valence-corrected chi connectivity index (χ1v) is 12.8. The van der Waals surface area contributed by atoms with E-state index < -0.39 is 0 Å². The minimum absolute atomic E-state index is 0.578. The van der Waals surface area contributed by atoms with E-state index in [0.29, 0.717) is 5.76 Å². The molecule has 0 saturated heterocycles. The van der Waals surface area contributed by atoms with Gasteiger partial charge in [0.25, 0.3) is 0 Å². The summed E-state index contributed by atoms with van der Waals surface area (Å²) in [4.78, 5) is 0. The van der Waals surface area contributed by atoms with E-state index in [1.165, 1.54) is 0 Å². The van der Waals surface area contributed by atoms with Gasteiger partial charge in [0.1, 0.15) is 23.0 Å². The zero-order valence-electron chi connectivity index (χ0n) is 21.9. The third kappa shape index (κ3) is 6.76. The Morgan fingerprint density at radius 2 is 1.15 bits per heavy atom. The molecule has 4 heteroatoms. The van der Waals surface area contributed by atoms with Crippen molar-refractivity contribution in [3.63, 3.8) is 0 Å². The van der Waals surface area contributed by atoms with Gasteiger partial charge in [-0.05, 0) is 66.6 Å². The van der Waals surface area contributed by atoms with Crippen LogP contribution in [-0.2, 0) is 0 Å². The Balaban J connectivity index is 1.22. The summed E-state index contributed by atoms with van der Waals surface area (Å²) >= 11 is 0. The minimum Gasteiger partial charge on any atom is -0.458 e. The Labute approximate surface area is 229 Å². The summed E-state index contributed by atoms with van der Waals surface area (Å²) in [6.45, 7) is 6.01. The Bertz CT molecular complexity index is 1570. The van der Waals surface area contributed by atoms with Gasteiger partial charge in [0.15, 0.2) is 24.8 Å². The Hall–Kier alpha value is -5.22. The van der Waals surface area contributed by atoms with Crippen molar-refractivity contribution in [1.82, 2.24) is 0 Å². The summed E-state index contributed by atoms with van der Waals surface area (Å²) in [5, 5.41) is 0. The lowest BCUT2D eigenvalue weighted by Gasteiger charge is -2.05. The molecule has 4 nitrogen and oxygen atoms in total. The Morgan fingerprint density at radius 1 is 0.615 bits per heavy atom. The van der Waals surface area contributed by atoms with Crippen molar-refractivity contribution in [2.75, 3.05) is 0 Å². The molecule has 0 unspecified atom stereocenters. The average Bonchev–Trinajstić information content (AvgIpc) is 2.99. The van der Waals surface area contributed by atoms with Gasteiger partial charge in [0.2, 0.25) is 11.4 Å². The van der Waals surface area contributed by atoms with Crippen molar-refractivity contribution in [3.8, 4) is 34.1 Å². The maximum atomic E-state index is 5.90. The molecule has 0 bridgehead atoms. The van der Waals surface area contributed by atoms with Crippen LogP contribution in [0, 0.1) is 0 Å². The standard InChI is InChI=1S/C35H30N2O2/c1-3-31(15-14-28(2)38-33-10-6-4-7-11-33)36-24-20-29(21-25-36)30-22-26-37(27-23-30)32-16-18-35(19-17-32)39-34-12-8-5-9-13-34/h3-27H,2H2,1H3/q+2/b15-14-,31-3+. The summed E-state index contributed by atoms with van der Waals surface area (Å²) in [5.74, 6) is 2.98. The normalized spacial score (nSPS) is 11.4. The number of hydrogen-bond donors (Lipinski definition) is 0. The predicted octanol–water partition coefficient (Wildman–Crippen LogP) is 7.72. The van der Waals surface area contributed by atoms with Gasteiger partial charge in [0, 0.05) is 42.5 Å². The molecule has 3 aromatic carbocycles. The van der Waals surface area contributed by atoms with E-state index in [-0.39, 0.29) is 0 Å². The quantitative estimate of drug-likeness (QED) is 0.115.